The summed E-state index contributed by atoms with van der Waals surface area (Å²) < 4.78 is 5.36. The molecule has 0 amide bonds. The maximum atomic E-state index is 11.9. The minimum absolute atomic E-state index is 0.0775. The quantitative estimate of drug-likeness (QED) is 0.866. The molecule has 2 fully saturated rings. The first-order chi connectivity index (χ1) is 9.69. The zero-order valence-electron chi connectivity index (χ0n) is 11.5. The van der Waals surface area contributed by atoms with Crippen molar-refractivity contribution in [3.8, 4) is 0 Å². The summed E-state index contributed by atoms with van der Waals surface area (Å²) in [5, 5.41) is 4.29. The highest BCUT2D eigenvalue weighted by molar-refractivity contribution is 6.30. The third kappa shape index (κ3) is 3.53. The van der Waals surface area contributed by atoms with Crippen LogP contribution in [0, 0.1) is 5.92 Å². The molecule has 0 aromatic heterocycles. The second kappa shape index (κ2) is 6.15. The van der Waals surface area contributed by atoms with Crippen molar-refractivity contribution in [2.75, 3.05) is 0 Å². The number of carbonyl (C=O) groups is 1. The van der Waals surface area contributed by atoms with E-state index in [1.165, 1.54) is 12.8 Å². The van der Waals surface area contributed by atoms with Gasteiger partial charge in [0.15, 0.2) is 0 Å². The molecule has 0 saturated carbocycles. The Bertz CT molecular complexity index is 462. The molecule has 2 heterocycles. The van der Waals surface area contributed by atoms with Crippen LogP contribution in [0.25, 0.3) is 0 Å². The Hall–Kier alpha value is -1.06. The van der Waals surface area contributed by atoms with E-state index in [0.29, 0.717) is 36.1 Å². The minimum atomic E-state index is -0.0775. The lowest BCUT2D eigenvalue weighted by Crippen LogP contribution is -2.38. The number of esters is 1. The zero-order valence-corrected chi connectivity index (χ0v) is 12.2. The number of halogens is 1. The first-order valence-electron chi connectivity index (χ1n) is 7.35. The SMILES string of the molecule is O=C(CC1CC2CCC(C1)N2)OCc1ccc(Cl)cc1. The number of nitrogens with one attached hydrogen (secondary N) is 1. The fraction of sp³-hybridized carbons (Fsp3) is 0.562. The Labute approximate surface area is 124 Å². The lowest BCUT2D eigenvalue weighted by Gasteiger charge is -2.28. The van der Waals surface area contributed by atoms with Crippen LogP contribution in [-0.2, 0) is 16.1 Å². The van der Waals surface area contributed by atoms with Crippen LogP contribution in [0.5, 0.6) is 0 Å². The van der Waals surface area contributed by atoms with Gasteiger partial charge in [0.1, 0.15) is 6.61 Å². The summed E-state index contributed by atoms with van der Waals surface area (Å²) in [5.41, 5.74) is 0.980. The van der Waals surface area contributed by atoms with Gasteiger partial charge in [0.25, 0.3) is 0 Å². The number of ether oxygens (including phenoxy) is 1. The molecule has 3 nitrogen and oxygen atoms in total. The standard InChI is InChI=1S/C16H20ClNO2/c17-13-3-1-11(2-4-13)10-20-16(19)9-12-7-14-5-6-15(8-12)18-14/h1-4,12,14-15,18H,5-10H2. The maximum absolute atomic E-state index is 11.9. The van der Waals surface area contributed by atoms with E-state index in [2.05, 4.69) is 5.32 Å². The fourth-order valence-electron chi connectivity index (χ4n) is 3.38. The van der Waals surface area contributed by atoms with E-state index < -0.39 is 0 Å². The Morgan fingerprint density at radius 2 is 1.85 bits per heavy atom. The summed E-state index contributed by atoms with van der Waals surface area (Å²) in [6.07, 6.45) is 5.32. The van der Waals surface area contributed by atoms with E-state index in [-0.39, 0.29) is 5.97 Å². The summed E-state index contributed by atoms with van der Waals surface area (Å²) in [4.78, 5) is 11.9. The van der Waals surface area contributed by atoms with Crippen LogP contribution < -0.4 is 5.32 Å². The van der Waals surface area contributed by atoms with Gasteiger partial charge in [-0.05, 0) is 49.3 Å². The van der Waals surface area contributed by atoms with Crippen molar-refractivity contribution in [1.29, 1.82) is 0 Å². The predicted molar refractivity (Wildman–Crippen MR) is 78.5 cm³/mol. The number of piperidine rings is 1. The molecule has 2 unspecified atom stereocenters. The zero-order chi connectivity index (χ0) is 13.9. The van der Waals surface area contributed by atoms with Crippen LogP contribution in [0.1, 0.15) is 37.7 Å². The van der Waals surface area contributed by atoms with Gasteiger partial charge < -0.3 is 10.1 Å². The number of fused-ring (bicyclic) bond motifs is 2. The number of benzene rings is 1. The van der Waals surface area contributed by atoms with Crippen LogP contribution in [0.2, 0.25) is 5.02 Å². The molecule has 108 valence electrons. The molecule has 2 aliphatic rings. The van der Waals surface area contributed by atoms with Crippen molar-refractivity contribution in [3.05, 3.63) is 34.9 Å². The summed E-state index contributed by atoms with van der Waals surface area (Å²) in [7, 11) is 0. The van der Waals surface area contributed by atoms with E-state index in [0.717, 1.165) is 18.4 Å². The second-order valence-corrected chi connectivity index (χ2v) is 6.40. The van der Waals surface area contributed by atoms with Gasteiger partial charge >= 0.3 is 5.97 Å². The monoisotopic (exact) mass is 293 g/mol. The lowest BCUT2D eigenvalue weighted by atomic mass is 9.90. The smallest absolute Gasteiger partial charge is 0.306 e. The number of hydrogen-bond acceptors (Lipinski definition) is 3. The van der Waals surface area contributed by atoms with E-state index in [1.54, 1.807) is 0 Å². The largest absolute Gasteiger partial charge is 0.461 e. The van der Waals surface area contributed by atoms with Crippen molar-refractivity contribution < 1.29 is 9.53 Å². The van der Waals surface area contributed by atoms with Crippen LogP contribution >= 0.6 is 11.6 Å². The van der Waals surface area contributed by atoms with Crippen LogP contribution in [0.15, 0.2) is 24.3 Å². The van der Waals surface area contributed by atoms with Crippen molar-refractivity contribution in [3.63, 3.8) is 0 Å². The van der Waals surface area contributed by atoms with E-state index in [4.69, 9.17) is 16.3 Å². The highest BCUT2D eigenvalue weighted by Crippen LogP contribution is 2.32. The average molecular weight is 294 g/mol. The molecular weight excluding hydrogens is 274 g/mol. The second-order valence-electron chi connectivity index (χ2n) is 5.97. The van der Waals surface area contributed by atoms with Crippen molar-refractivity contribution >= 4 is 17.6 Å². The first-order valence-corrected chi connectivity index (χ1v) is 7.73. The predicted octanol–water partition coefficient (Wildman–Crippen LogP) is 3.30. The third-order valence-corrected chi connectivity index (χ3v) is 4.59. The van der Waals surface area contributed by atoms with E-state index >= 15 is 0 Å². The normalized spacial score (nSPS) is 28.4. The molecule has 0 spiro atoms. The maximum Gasteiger partial charge on any atom is 0.306 e. The average Bonchev–Trinajstić information content (AvgIpc) is 2.77. The highest BCUT2D eigenvalue weighted by Gasteiger charge is 2.34. The van der Waals surface area contributed by atoms with Gasteiger partial charge in [-0.1, -0.05) is 23.7 Å². The van der Waals surface area contributed by atoms with Crippen LogP contribution in [0.4, 0.5) is 0 Å². The fourth-order valence-corrected chi connectivity index (χ4v) is 3.51. The number of hydrogen-bond donors (Lipinski definition) is 1. The number of carbonyl (C=O) groups excluding carboxylic acids is 1. The van der Waals surface area contributed by atoms with E-state index in [1.807, 2.05) is 24.3 Å². The molecular formula is C16H20ClNO2. The summed E-state index contributed by atoms with van der Waals surface area (Å²) >= 11 is 5.82. The molecule has 3 rings (SSSR count). The molecule has 1 N–H and O–H groups in total. The Balaban J connectivity index is 1.44. The van der Waals surface area contributed by atoms with Crippen molar-refractivity contribution in [2.45, 2.75) is 50.8 Å². The lowest BCUT2D eigenvalue weighted by molar-refractivity contribution is -0.146. The Kier molecular flexibility index (Phi) is 4.27. The van der Waals surface area contributed by atoms with Gasteiger partial charge in [0, 0.05) is 23.5 Å². The molecule has 4 heteroatoms. The summed E-state index contributed by atoms with van der Waals surface area (Å²) in [6, 6.07) is 8.66. The van der Waals surface area contributed by atoms with Gasteiger partial charge in [0.2, 0.25) is 0 Å². The minimum Gasteiger partial charge on any atom is -0.461 e. The molecule has 2 atom stereocenters. The van der Waals surface area contributed by atoms with E-state index in [9.17, 15) is 4.79 Å². The number of rotatable bonds is 4. The highest BCUT2D eigenvalue weighted by atomic mass is 35.5. The molecule has 2 aliphatic heterocycles. The van der Waals surface area contributed by atoms with Gasteiger partial charge in [0.05, 0.1) is 0 Å². The van der Waals surface area contributed by atoms with Gasteiger partial charge in [-0.3, -0.25) is 4.79 Å². The Morgan fingerprint density at radius 3 is 2.50 bits per heavy atom. The first kappa shape index (κ1) is 13.9. The molecule has 20 heavy (non-hydrogen) atoms. The van der Waals surface area contributed by atoms with Crippen molar-refractivity contribution in [1.82, 2.24) is 5.32 Å². The molecule has 2 saturated heterocycles. The molecule has 0 radical (unpaired) electrons. The summed E-state index contributed by atoms with van der Waals surface area (Å²) in [5.74, 6) is 0.415. The van der Waals surface area contributed by atoms with Gasteiger partial charge in [-0.25, -0.2) is 0 Å². The van der Waals surface area contributed by atoms with Gasteiger partial charge in [-0.15, -0.1) is 0 Å². The van der Waals surface area contributed by atoms with Crippen LogP contribution in [-0.4, -0.2) is 18.1 Å². The topological polar surface area (TPSA) is 38.3 Å². The summed E-state index contributed by atoms with van der Waals surface area (Å²) in [6.45, 7) is 0.341. The van der Waals surface area contributed by atoms with Gasteiger partial charge in [-0.2, -0.15) is 0 Å². The Morgan fingerprint density at radius 1 is 1.20 bits per heavy atom. The molecule has 2 bridgehead atoms. The third-order valence-electron chi connectivity index (χ3n) is 4.34. The van der Waals surface area contributed by atoms with Crippen LogP contribution in [0.3, 0.4) is 0 Å². The van der Waals surface area contributed by atoms with Crippen molar-refractivity contribution in [2.24, 2.45) is 5.92 Å². The molecule has 0 aliphatic carbocycles. The molecule has 1 aromatic carbocycles. The molecule has 1 aromatic rings.